The summed E-state index contributed by atoms with van der Waals surface area (Å²) in [5.74, 6) is 1.12. The Bertz CT molecular complexity index is 250. The molecule has 1 aliphatic rings. The van der Waals surface area contributed by atoms with Gasteiger partial charge in [0.05, 0.1) is 12.8 Å². The van der Waals surface area contributed by atoms with Gasteiger partial charge in [-0.2, -0.15) is 0 Å². The third-order valence-electron chi connectivity index (χ3n) is 3.17. The van der Waals surface area contributed by atoms with Gasteiger partial charge in [0, 0.05) is 0 Å². The first-order valence-corrected chi connectivity index (χ1v) is 5.58. The highest BCUT2D eigenvalue weighted by Gasteiger charge is 2.21. The minimum absolute atomic E-state index is 1.06. The van der Waals surface area contributed by atoms with E-state index in [4.69, 9.17) is 4.42 Å². The average molecular weight is 196 g/mol. The molecule has 0 atom stereocenters. The van der Waals surface area contributed by atoms with E-state index in [2.05, 4.69) is 13.0 Å². The summed E-state index contributed by atoms with van der Waals surface area (Å²) in [6.45, 7) is 9.79. The van der Waals surface area contributed by atoms with Crippen molar-refractivity contribution in [2.75, 3.05) is 32.7 Å². The van der Waals surface area contributed by atoms with Gasteiger partial charge in [0.2, 0.25) is 0 Å². The number of hydrogen-bond acceptors (Lipinski definition) is 1. The number of nitrogens with one attached hydrogen (secondary N) is 2. The molecule has 1 fully saturated rings. The summed E-state index contributed by atoms with van der Waals surface area (Å²) in [5.41, 5.74) is 0. The van der Waals surface area contributed by atoms with Gasteiger partial charge in [-0.25, -0.2) is 0 Å². The fourth-order valence-corrected chi connectivity index (χ4v) is 2.15. The molecule has 1 aromatic heterocycles. The fourth-order valence-electron chi connectivity index (χ4n) is 2.15. The van der Waals surface area contributed by atoms with E-state index in [0.29, 0.717) is 0 Å². The predicted molar refractivity (Wildman–Crippen MR) is 54.3 cm³/mol. The molecule has 0 unspecified atom stereocenters. The molecule has 0 amide bonds. The molecule has 3 nitrogen and oxygen atoms in total. The predicted octanol–water partition coefficient (Wildman–Crippen LogP) is -1.42. The maximum atomic E-state index is 5.36. The molecule has 0 aromatic carbocycles. The van der Waals surface area contributed by atoms with Gasteiger partial charge in [0.1, 0.15) is 32.7 Å². The van der Waals surface area contributed by atoms with Crippen LogP contribution in [0.1, 0.15) is 12.7 Å². The Hall–Kier alpha value is -0.800. The number of rotatable bonds is 3. The molecule has 1 aromatic rings. The van der Waals surface area contributed by atoms with Crippen LogP contribution < -0.4 is 9.80 Å². The monoisotopic (exact) mass is 196 g/mol. The lowest BCUT2D eigenvalue weighted by Gasteiger charge is -2.28. The van der Waals surface area contributed by atoms with E-state index in [-0.39, 0.29) is 0 Å². The van der Waals surface area contributed by atoms with Crippen LogP contribution in [0.2, 0.25) is 0 Å². The lowest BCUT2D eigenvalue weighted by Crippen LogP contribution is -3.27. The molecule has 0 aliphatic carbocycles. The smallest absolute Gasteiger partial charge is 0.157 e. The van der Waals surface area contributed by atoms with Crippen molar-refractivity contribution in [1.82, 2.24) is 0 Å². The van der Waals surface area contributed by atoms with Gasteiger partial charge in [-0.1, -0.05) is 0 Å². The van der Waals surface area contributed by atoms with Crippen LogP contribution in [0.15, 0.2) is 22.8 Å². The van der Waals surface area contributed by atoms with Crippen LogP contribution in [0, 0.1) is 0 Å². The molecule has 2 rings (SSSR count). The normalized spacial score (nSPS) is 27.8. The zero-order chi connectivity index (χ0) is 9.80. The summed E-state index contributed by atoms with van der Waals surface area (Å²) in [4.78, 5) is 3.41. The molecule has 0 spiro atoms. The topological polar surface area (TPSA) is 22.0 Å². The number of furan rings is 1. The minimum atomic E-state index is 1.06. The van der Waals surface area contributed by atoms with Crippen molar-refractivity contribution in [3.63, 3.8) is 0 Å². The van der Waals surface area contributed by atoms with E-state index in [1.54, 1.807) is 16.1 Å². The fraction of sp³-hybridized carbons (Fsp3) is 0.636. The van der Waals surface area contributed by atoms with Crippen LogP contribution in [-0.4, -0.2) is 32.7 Å². The van der Waals surface area contributed by atoms with Crippen molar-refractivity contribution >= 4 is 0 Å². The van der Waals surface area contributed by atoms with Crippen molar-refractivity contribution in [3.8, 4) is 0 Å². The van der Waals surface area contributed by atoms with Crippen molar-refractivity contribution < 1.29 is 14.2 Å². The first-order chi connectivity index (χ1) is 6.88. The maximum Gasteiger partial charge on any atom is 0.157 e. The summed E-state index contributed by atoms with van der Waals surface area (Å²) in [5, 5.41) is 0. The Morgan fingerprint density at radius 3 is 2.50 bits per heavy atom. The Morgan fingerprint density at radius 2 is 1.93 bits per heavy atom. The molecular formula is C11H20N2O+2. The summed E-state index contributed by atoms with van der Waals surface area (Å²) < 4.78 is 5.36. The molecule has 78 valence electrons. The standard InChI is InChI=1S/C11H18N2O/c1-2-12-5-7-13(8-6-12)10-11-4-3-9-14-11/h3-4,9H,2,5-8,10H2,1H3/p+2. The third kappa shape index (κ3) is 2.36. The number of quaternary nitrogens is 2. The van der Waals surface area contributed by atoms with Crippen LogP contribution in [0.4, 0.5) is 0 Å². The molecular weight excluding hydrogens is 176 g/mol. The second-order valence-corrected chi connectivity index (χ2v) is 4.11. The molecule has 0 saturated carbocycles. The van der Waals surface area contributed by atoms with Gasteiger partial charge in [0.15, 0.2) is 5.76 Å². The SMILES string of the molecule is CC[NH+]1CC[NH+](Cc2ccco2)CC1. The van der Waals surface area contributed by atoms with Gasteiger partial charge in [-0.3, -0.25) is 0 Å². The van der Waals surface area contributed by atoms with Crippen molar-refractivity contribution in [2.24, 2.45) is 0 Å². The zero-order valence-electron chi connectivity index (χ0n) is 8.88. The minimum Gasteiger partial charge on any atom is -0.463 e. The Kier molecular flexibility index (Phi) is 3.22. The van der Waals surface area contributed by atoms with Crippen molar-refractivity contribution in [2.45, 2.75) is 13.5 Å². The van der Waals surface area contributed by atoms with E-state index < -0.39 is 0 Å². The van der Waals surface area contributed by atoms with Crippen LogP contribution in [0.25, 0.3) is 0 Å². The molecule has 1 saturated heterocycles. The summed E-state index contributed by atoms with van der Waals surface area (Å²) in [6.07, 6.45) is 1.77. The summed E-state index contributed by atoms with van der Waals surface area (Å²) >= 11 is 0. The summed E-state index contributed by atoms with van der Waals surface area (Å²) in [6, 6.07) is 4.05. The van der Waals surface area contributed by atoms with Crippen LogP contribution in [-0.2, 0) is 6.54 Å². The highest BCUT2D eigenvalue weighted by Crippen LogP contribution is 1.96. The lowest BCUT2D eigenvalue weighted by atomic mass is 10.3. The highest BCUT2D eigenvalue weighted by molar-refractivity contribution is 4.95. The van der Waals surface area contributed by atoms with Crippen molar-refractivity contribution in [1.29, 1.82) is 0 Å². The van der Waals surface area contributed by atoms with Gasteiger partial charge in [0.25, 0.3) is 0 Å². The molecule has 0 bridgehead atoms. The highest BCUT2D eigenvalue weighted by atomic mass is 16.3. The third-order valence-corrected chi connectivity index (χ3v) is 3.17. The van der Waals surface area contributed by atoms with E-state index in [1.165, 1.54) is 32.7 Å². The van der Waals surface area contributed by atoms with Crippen LogP contribution in [0.3, 0.4) is 0 Å². The second-order valence-electron chi connectivity index (χ2n) is 4.11. The molecule has 14 heavy (non-hydrogen) atoms. The first kappa shape index (κ1) is 9.74. The number of hydrogen-bond donors (Lipinski definition) is 2. The van der Waals surface area contributed by atoms with Gasteiger partial charge >= 0.3 is 0 Å². The largest absolute Gasteiger partial charge is 0.463 e. The van der Waals surface area contributed by atoms with E-state index >= 15 is 0 Å². The number of piperazine rings is 1. The van der Waals surface area contributed by atoms with E-state index in [9.17, 15) is 0 Å². The molecule has 2 N–H and O–H groups in total. The Balaban J connectivity index is 1.79. The average Bonchev–Trinajstić information content (AvgIpc) is 2.72. The number of likely N-dealkylation sites (N-methyl/N-ethyl adjacent to an activating group) is 1. The lowest BCUT2D eigenvalue weighted by molar-refractivity contribution is -1.02. The van der Waals surface area contributed by atoms with E-state index in [0.717, 1.165) is 12.3 Å². The van der Waals surface area contributed by atoms with Crippen molar-refractivity contribution in [3.05, 3.63) is 24.2 Å². The Morgan fingerprint density at radius 1 is 1.21 bits per heavy atom. The quantitative estimate of drug-likeness (QED) is 0.609. The molecule has 2 heterocycles. The zero-order valence-corrected chi connectivity index (χ0v) is 8.88. The van der Waals surface area contributed by atoms with Crippen LogP contribution in [0.5, 0.6) is 0 Å². The van der Waals surface area contributed by atoms with Crippen LogP contribution >= 0.6 is 0 Å². The van der Waals surface area contributed by atoms with Gasteiger partial charge < -0.3 is 14.2 Å². The second kappa shape index (κ2) is 4.62. The van der Waals surface area contributed by atoms with Gasteiger partial charge in [-0.15, -0.1) is 0 Å². The Labute approximate surface area is 85.3 Å². The molecule has 3 heteroatoms. The summed E-state index contributed by atoms with van der Waals surface area (Å²) in [7, 11) is 0. The van der Waals surface area contributed by atoms with Gasteiger partial charge in [-0.05, 0) is 19.1 Å². The molecule has 0 radical (unpaired) electrons. The molecule has 1 aliphatic heterocycles. The van der Waals surface area contributed by atoms with E-state index in [1.807, 2.05) is 6.07 Å². The first-order valence-electron chi connectivity index (χ1n) is 5.58. The maximum absolute atomic E-state index is 5.36.